The van der Waals surface area contributed by atoms with Crippen molar-refractivity contribution < 1.29 is 0 Å². The average molecular weight is 301 g/mol. The van der Waals surface area contributed by atoms with Crippen molar-refractivity contribution in [3.8, 4) is 0 Å². The summed E-state index contributed by atoms with van der Waals surface area (Å²) >= 11 is 5.04. The summed E-state index contributed by atoms with van der Waals surface area (Å²) < 4.78 is 1.17. The third-order valence-corrected chi connectivity index (χ3v) is 3.05. The lowest BCUT2D eigenvalue weighted by Crippen LogP contribution is -2.08. The van der Waals surface area contributed by atoms with Crippen LogP contribution < -0.4 is 5.56 Å². The summed E-state index contributed by atoms with van der Waals surface area (Å²) in [6.45, 7) is 0. The molecule has 1 heterocycles. The minimum absolute atomic E-state index is 0.144. The Morgan fingerprint density at radius 1 is 1.78 bits per heavy atom. The van der Waals surface area contributed by atoms with Crippen molar-refractivity contribution in [1.82, 2.24) is 9.97 Å². The minimum atomic E-state index is -0.144. The van der Waals surface area contributed by atoms with Crippen LogP contribution in [0.15, 0.2) is 15.6 Å². The zero-order chi connectivity index (χ0) is 6.85. The number of nitrogens with one attached hydrogen (secondary N) is 1. The molecule has 3 nitrogen and oxygen atoms in total. The van der Waals surface area contributed by atoms with Gasteiger partial charge in [-0.05, 0) is 38.5 Å². The van der Waals surface area contributed by atoms with Crippen LogP contribution in [-0.2, 0) is 0 Å². The Labute approximate surface area is 73.2 Å². The second-order valence-electron chi connectivity index (χ2n) is 1.34. The van der Waals surface area contributed by atoms with Gasteiger partial charge in [0.2, 0.25) is 0 Å². The smallest absolute Gasteiger partial charge is 0.266 e. The average Bonchev–Trinajstić information content (AvgIpc) is 1.83. The first-order valence-corrected chi connectivity index (χ1v) is 3.97. The highest BCUT2D eigenvalue weighted by Crippen LogP contribution is 2.08. The second-order valence-corrected chi connectivity index (χ2v) is 3.15. The molecule has 0 saturated carbocycles. The van der Waals surface area contributed by atoms with Crippen LogP contribution in [0.3, 0.4) is 0 Å². The highest BCUT2D eigenvalue weighted by atomic mass is 127. The Morgan fingerprint density at radius 3 is 2.89 bits per heavy atom. The predicted molar refractivity (Wildman–Crippen MR) is 45.3 cm³/mol. The summed E-state index contributed by atoms with van der Waals surface area (Å²) in [5, 5.41) is 0. The molecule has 0 bridgehead atoms. The summed E-state index contributed by atoms with van der Waals surface area (Å²) in [5.74, 6) is 0. The number of aromatic amines is 1. The predicted octanol–water partition coefficient (Wildman–Crippen LogP) is 1.14. The Balaban J connectivity index is 3.43. The Hall–Kier alpha value is 0.0900. The molecule has 0 amide bonds. The van der Waals surface area contributed by atoms with Gasteiger partial charge in [-0.25, -0.2) is 4.98 Å². The molecule has 1 aromatic heterocycles. The van der Waals surface area contributed by atoms with Gasteiger partial charge in [-0.1, -0.05) is 0 Å². The summed E-state index contributed by atoms with van der Waals surface area (Å²) in [6, 6.07) is 0. The van der Waals surface area contributed by atoms with E-state index in [4.69, 9.17) is 0 Å². The summed E-state index contributed by atoms with van der Waals surface area (Å²) in [4.78, 5) is 16.9. The molecule has 0 aromatic carbocycles. The third kappa shape index (κ3) is 1.51. The van der Waals surface area contributed by atoms with Crippen molar-refractivity contribution in [2.45, 2.75) is 0 Å². The molecule has 0 aliphatic carbocycles. The van der Waals surface area contributed by atoms with Crippen LogP contribution in [0.25, 0.3) is 0 Å². The molecule has 0 aliphatic rings. The second kappa shape index (κ2) is 2.78. The van der Waals surface area contributed by atoms with E-state index in [9.17, 15) is 4.79 Å². The van der Waals surface area contributed by atoms with Crippen LogP contribution in [0.5, 0.6) is 0 Å². The molecule has 0 radical (unpaired) electrons. The quantitative estimate of drug-likeness (QED) is 0.577. The molecule has 1 aromatic rings. The van der Waals surface area contributed by atoms with Crippen molar-refractivity contribution >= 4 is 38.5 Å². The van der Waals surface area contributed by atoms with Crippen molar-refractivity contribution in [3.05, 3.63) is 24.9 Å². The zero-order valence-electron chi connectivity index (χ0n) is 4.19. The van der Waals surface area contributed by atoms with E-state index in [0.717, 1.165) is 0 Å². The van der Waals surface area contributed by atoms with Gasteiger partial charge < -0.3 is 4.98 Å². The zero-order valence-corrected chi connectivity index (χ0v) is 7.93. The standard InChI is InChI=1S/C4H2BrIN2O/c5-2-3(6)7-1-8-4(2)9/h1H,(H,7,8,9). The molecule has 0 spiro atoms. The van der Waals surface area contributed by atoms with Crippen LogP contribution in [0.2, 0.25) is 0 Å². The van der Waals surface area contributed by atoms with Crippen molar-refractivity contribution in [2.24, 2.45) is 0 Å². The maximum atomic E-state index is 10.7. The number of nitrogens with zero attached hydrogens (tertiary/aromatic N) is 1. The summed E-state index contributed by atoms with van der Waals surface area (Å²) in [6.07, 6.45) is 1.37. The minimum Gasteiger partial charge on any atom is -0.312 e. The van der Waals surface area contributed by atoms with E-state index in [-0.39, 0.29) is 5.56 Å². The largest absolute Gasteiger partial charge is 0.312 e. The molecular weight excluding hydrogens is 299 g/mol. The molecule has 0 fully saturated rings. The van der Waals surface area contributed by atoms with Crippen LogP contribution in [-0.4, -0.2) is 9.97 Å². The van der Waals surface area contributed by atoms with Gasteiger partial charge in [0.05, 0.1) is 6.33 Å². The first-order chi connectivity index (χ1) is 4.22. The van der Waals surface area contributed by atoms with Crippen LogP contribution in [0.1, 0.15) is 0 Å². The first kappa shape index (κ1) is 7.20. The molecule has 48 valence electrons. The Bertz CT molecular complexity index is 272. The van der Waals surface area contributed by atoms with Crippen LogP contribution in [0.4, 0.5) is 0 Å². The van der Waals surface area contributed by atoms with E-state index in [1.165, 1.54) is 6.33 Å². The molecule has 9 heavy (non-hydrogen) atoms. The number of rotatable bonds is 0. The van der Waals surface area contributed by atoms with Gasteiger partial charge in [-0.2, -0.15) is 0 Å². The Morgan fingerprint density at radius 2 is 2.44 bits per heavy atom. The van der Waals surface area contributed by atoms with E-state index < -0.39 is 0 Å². The van der Waals surface area contributed by atoms with Crippen LogP contribution in [0, 0.1) is 3.70 Å². The summed E-state index contributed by atoms with van der Waals surface area (Å²) in [7, 11) is 0. The monoisotopic (exact) mass is 300 g/mol. The van der Waals surface area contributed by atoms with Gasteiger partial charge in [0, 0.05) is 0 Å². The molecule has 0 atom stereocenters. The number of hydrogen-bond donors (Lipinski definition) is 1. The number of H-pyrrole nitrogens is 1. The molecular formula is C4H2BrIN2O. The van der Waals surface area contributed by atoms with Crippen molar-refractivity contribution in [2.75, 3.05) is 0 Å². The highest BCUT2D eigenvalue weighted by molar-refractivity contribution is 14.1. The topological polar surface area (TPSA) is 45.8 Å². The van der Waals surface area contributed by atoms with E-state index in [0.29, 0.717) is 8.17 Å². The van der Waals surface area contributed by atoms with Gasteiger partial charge >= 0.3 is 0 Å². The third-order valence-electron chi connectivity index (χ3n) is 0.754. The number of hydrogen-bond acceptors (Lipinski definition) is 2. The lowest BCUT2D eigenvalue weighted by molar-refractivity contribution is 1.07. The Kier molecular flexibility index (Phi) is 2.23. The van der Waals surface area contributed by atoms with Gasteiger partial charge in [0.15, 0.2) is 0 Å². The fourth-order valence-corrected chi connectivity index (χ4v) is 0.962. The van der Waals surface area contributed by atoms with Crippen LogP contribution >= 0.6 is 38.5 Å². The molecule has 0 aliphatic heterocycles. The SMILES string of the molecule is O=c1[nH]cnc(I)c1Br. The number of aromatic nitrogens is 2. The molecule has 1 N–H and O–H groups in total. The number of halogens is 2. The lowest BCUT2D eigenvalue weighted by Gasteiger charge is -1.88. The maximum absolute atomic E-state index is 10.7. The maximum Gasteiger partial charge on any atom is 0.266 e. The van der Waals surface area contributed by atoms with E-state index in [1.807, 2.05) is 22.6 Å². The van der Waals surface area contributed by atoms with Gasteiger partial charge in [-0.3, -0.25) is 4.79 Å². The fraction of sp³-hybridized carbons (Fsp3) is 0. The van der Waals surface area contributed by atoms with Gasteiger partial charge in [-0.15, -0.1) is 0 Å². The first-order valence-electron chi connectivity index (χ1n) is 2.10. The van der Waals surface area contributed by atoms with Crippen molar-refractivity contribution in [1.29, 1.82) is 0 Å². The van der Waals surface area contributed by atoms with Gasteiger partial charge in [0.1, 0.15) is 8.17 Å². The van der Waals surface area contributed by atoms with E-state index in [2.05, 4.69) is 25.9 Å². The van der Waals surface area contributed by atoms with Gasteiger partial charge in [0.25, 0.3) is 5.56 Å². The van der Waals surface area contributed by atoms with Crippen molar-refractivity contribution in [3.63, 3.8) is 0 Å². The fourth-order valence-electron chi connectivity index (χ4n) is 0.361. The molecule has 1 rings (SSSR count). The molecule has 5 heteroatoms. The summed E-state index contributed by atoms with van der Waals surface area (Å²) in [5.41, 5.74) is -0.144. The molecule has 0 saturated heterocycles. The normalized spacial score (nSPS) is 9.56. The van der Waals surface area contributed by atoms with E-state index in [1.54, 1.807) is 0 Å². The molecule has 0 unspecified atom stereocenters. The van der Waals surface area contributed by atoms with E-state index >= 15 is 0 Å². The lowest BCUT2D eigenvalue weighted by atomic mass is 10.7. The highest BCUT2D eigenvalue weighted by Gasteiger charge is 1.98.